The normalized spacial score (nSPS) is 23.8. The number of aliphatic hydroxyl groups is 1. The zero-order valence-electron chi connectivity index (χ0n) is 19.5. The standard InChI is InChI=1S/C24H40O6/c1-17(2)12-14-24(6,27)18(3)8-7-9-22-23(30-20(5)26)11-10-21(16-29-22)13-15-28-19(4)25/h12-13,18,22-23,27H,7-11,14-16H2,1-6H3/t18?,22-,23+,24?/m0/s1. The largest absolute Gasteiger partial charge is 0.462 e. The molecule has 172 valence electrons. The van der Waals surface area contributed by atoms with Gasteiger partial charge in [-0.2, -0.15) is 0 Å². The summed E-state index contributed by atoms with van der Waals surface area (Å²) in [6.07, 6.45) is 8.05. The minimum absolute atomic E-state index is 0.144. The second kappa shape index (κ2) is 12.9. The zero-order valence-corrected chi connectivity index (χ0v) is 19.5. The van der Waals surface area contributed by atoms with Crippen LogP contribution in [0.5, 0.6) is 0 Å². The average molecular weight is 425 g/mol. The summed E-state index contributed by atoms with van der Waals surface area (Å²) in [5.41, 5.74) is 1.51. The summed E-state index contributed by atoms with van der Waals surface area (Å²) >= 11 is 0. The molecule has 1 saturated heterocycles. The molecule has 0 aromatic heterocycles. The Morgan fingerprint density at radius 2 is 1.97 bits per heavy atom. The van der Waals surface area contributed by atoms with E-state index in [0.29, 0.717) is 19.4 Å². The fourth-order valence-electron chi connectivity index (χ4n) is 3.51. The molecule has 0 amide bonds. The van der Waals surface area contributed by atoms with E-state index in [-0.39, 0.29) is 36.7 Å². The quantitative estimate of drug-likeness (QED) is 0.411. The summed E-state index contributed by atoms with van der Waals surface area (Å²) in [4.78, 5) is 22.5. The van der Waals surface area contributed by atoms with Crippen LogP contribution in [-0.2, 0) is 23.8 Å². The van der Waals surface area contributed by atoms with Crippen molar-refractivity contribution in [2.75, 3.05) is 13.2 Å². The Kier molecular flexibility index (Phi) is 11.3. The molecule has 6 heteroatoms. The van der Waals surface area contributed by atoms with E-state index < -0.39 is 5.60 Å². The summed E-state index contributed by atoms with van der Waals surface area (Å²) in [6.45, 7) is 11.5. The SMILES string of the molecule is CC(=O)OCC=C1CC[C@@H](OC(C)=O)[C@H](CCCC(C)C(C)(O)CC=C(C)C)OC1. The first-order valence-corrected chi connectivity index (χ1v) is 11.0. The number of ether oxygens (including phenoxy) is 3. The van der Waals surface area contributed by atoms with Gasteiger partial charge in [0.2, 0.25) is 0 Å². The molecule has 4 atom stereocenters. The maximum absolute atomic E-state index is 11.6. The van der Waals surface area contributed by atoms with Crippen molar-refractivity contribution in [3.05, 3.63) is 23.3 Å². The summed E-state index contributed by atoms with van der Waals surface area (Å²) in [5, 5.41) is 10.8. The molecule has 0 bridgehead atoms. The molecule has 0 aliphatic carbocycles. The molecule has 1 rings (SSSR count). The van der Waals surface area contributed by atoms with Crippen LogP contribution in [0.4, 0.5) is 0 Å². The van der Waals surface area contributed by atoms with Gasteiger partial charge in [-0.1, -0.05) is 25.0 Å². The summed E-state index contributed by atoms with van der Waals surface area (Å²) in [5.74, 6) is -0.476. The second-order valence-electron chi connectivity index (χ2n) is 8.88. The average Bonchev–Trinajstić information content (AvgIpc) is 2.82. The minimum atomic E-state index is -0.747. The van der Waals surface area contributed by atoms with Crippen molar-refractivity contribution < 1.29 is 28.9 Å². The van der Waals surface area contributed by atoms with Crippen LogP contribution >= 0.6 is 0 Å². The van der Waals surface area contributed by atoms with Gasteiger partial charge in [0.25, 0.3) is 0 Å². The van der Waals surface area contributed by atoms with Gasteiger partial charge in [-0.05, 0) is 70.4 Å². The number of allylic oxidation sites excluding steroid dienone is 1. The van der Waals surface area contributed by atoms with E-state index >= 15 is 0 Å². The molecule has 6 nitrogen and oxygen atoms in total. The van der Waals surface area contributed by atoms with Gasteiger partial charge in [0, 0.05) is 13.8 Å². The van der Waals surface area contributed by atoms with Crippen LogP contribution in [0.15, 0.2) is 23.3 Å². The fraction of sp³-hybridized carbons (Fsp3) is 0.750. The van der Waals surface area contributed by atoms with Crippen molar-refractivity contribution >= 4 is 11.9 Å². The Labute approximate surface area is 181 Å². The van der Waals surface area contributed by atoms with Crippen LogP contribution < -0.4 is 0 Å². The Morgan fingerprint density at radius 3 is 2.57 bits per heavy atom. The molecule has 1 aliphatic rings. The first-order chi connectivity index (χ1) is 14.0. The molecule has 0 spiro atoms. The third kappa shape index (κ3) is 10.4. The van der Waals surface area contributed by atoms with Crippen molar-refractivity contribution in [2.45, 2.75) is 97.9 Å². The molecule has 1 N–H and O–H groups in total. The highest BCUT2D eigenvalue weighted by molar-refractivity contribution is 5.66. The van der Waals surface area contributed by atoms with Crippen molar-refractivity contribution in [2.24, 2.45) is 5.92 Å². The number of carbonyl (C=O) groups is 2. The summed E-state index contributed by atoms with van der Waals surface area (Å²) in [7, 11) is 0. The topological polar surface area (TPSA) is 82.1 Å². The Hall–Kier alpha value is -1.66. The highest BCUT2D eigenvalue weighted by Gasteiger charge is 2.30. The molecule has 0 radical (unpaired) electrons. The van der Waals surface area contributed by atoms with Gasteiger partial charge in [0.15, 0.2) is 0 Å². The van der Waals surface area contributed by atoms with E-state index in [1.807, 2.05) is 26.8 Å². The molecule has 1 fully saturated rings. The number of hydrogen-bond donors (Lipinski definition) is 1. The lowest BCUT2D eigenvalue weighted by molar-refractivity contribution is -0.154. The monoisotopic (exact) mass is 424 g/mol. The highest BCUT2D eigenvalue weighted by atomic mass is 16.6. The predicted octanol–water partition coefficient (Wildman–Crippen LogP) is 4.50. The van der Waals surface area contributed by atoms with Crippen molar-refractivity contribution in [3.63, 3.8) is 0 Å². The summed E-state index contributed by atoms with van der Waals surface area (Å²) < 4.78 is 16.6. The molecule has 0 aromatic carbocycles. The molecular formula is C24H40O6. The molecule has 30 heavy (non-hydrogen) atoms. The van der Waals surface area contributed by atoms with E-state index in [1.165, 1.54) is 19.4 Å². The van der Waals surface area contributed by atoms with Gasteiger partial charge in [0.05, 0.1) is 18.3 Å². The van der Waals surface area contributed by atoms with Crippen molar-refractivity contribution in [1.82, 2.24) is 0 Å². The lowest BCUT2D eigenvalue weighted by Crippen LogP contribution is -2.34. The Bertz CT molecular complexity index is 615. The lowest BCUT2D eigenvalue weighted by Gasteiger charge is -2.30. The van der Waals surface area contributed by atoms with E-state index in [1.54, 1.807) is 0 Å². The van der Waals surface area contributed by atoms with Crippen LogP contribution in [0, 0.1) is 5.92 Å². The van der Waals surface area contributed by atoms with Crippen molar-refractivity contribution in [3.8, 4) is 0 Å². The number of carbonyl (C=O) groups excluding carboxylic acids is 2. The Morgan fingerprint density at radius 1 is 1.27 bits per heavy atom. The van der Waals surface area contributed by atoms with Crippen molar-refractivity contribution in [1.29, 1.82) is 0 Å². The van der Waals surface area contributed by atoms with Gasteiger partial charge >= 0.3 is 11.9 Å². The number of hydrogen-bond acceptors (Lipinski definition) is 6. The molecule has 0 saturated carbocycles. The third-order valence-corrected chi connectivity index (χ3v) is 5.73. The first kappa shape index (κ1) is 26.4. The van der Waals surface area contributed by atoms with Crippen LogP contribution in [0.3, 0.4) is 0 Å². The van der Waals surface area contributed by atoms with Crippen LogP contribution in [0.1, 0.15) is 80.1 Å². The highest BCUT2D eigenvalue weighted by Crippen LogP contribution is 2.29. The van der Waals surface area contributed by atoms with Gasteiger partial charge in [-0.15, -0.1) is 0 Å². The number of rotatable bonds is 10. The first-order valence-electron chi connectivity index (χ1n) is 11.0. The Balaban J connectivity index is 2.64. The minimum Gasteiger partial charge on any atom is -0.462 e. The molecule has 0 aromatic rings. The van der Waals surface area contributed by atoms with E-state index in [4.69, 9.17) is 14.2 Å². The van der Waals surface area contributed by atoms with Crippen LogP contribution in [0.2, 0.25) is 0 Å². The summed E-state index contributed by atoms with van der Waals surface area (Å²) in [6, 6.07) is 0. The third-order valence-electron chi connectivity index (χ3n) is 5.73. The van der Waals surface area contributed by atoms with Gasteiger partial charge in [0.1, 0.15) is 12.7 Å². The van der Waals surface area contributed by atoms with Gasteiger partial charge < -0.3 is 19.3 Å². The van der Waals surface area contributed by atoms with Gasteiger partial charge in [-0.25, -0.2) is 0 Å². The molecule has 2 unspecified atom stereocenters. The zero-order chi connectivity index (χ0) is 22.7. The van der Waals surface area contributed by atoms with Crippen LogP contribution in [-0.4, -0.2) is 48.1 Å². The second-order valence-corrected chi connectivity index (χ2v) is 8.88. The van der Waals surface area contributed by atoms with E-state index in [0.717, 1.165) is 31.3 Å². The molecular weight excluding hydrogens is 384 g/mol. The van der Waals surface area contributed by atoms with Gasteiger partial charge in [-0.3, -0.25) is 9.59 Å². The molecule has 1 heterocycles. The van der Waals surface area contributed by atoms with E-state index in [9.17, 15) is 14.7 Å². The van der Waals surface area contributed by atoms with E-state index in [2.05, 4.69) is 13.0 Å². The fourth-order valence-corrected chi connectivity index (χ4v) is 3.51. The maximum Gasteiger partial charge on any atom is 0.302 e. The maximum atomic E-state index is 11.6. The van der Waals surface area contributed by atoms with Crippen LogP contribution in [0.25, 0.3) is 0 Å². The smallest absolute Gasteiger partial charge is 0.302 e. The number of esters is 2. The lowest BCUT2D eigenvalue weighted by atomic mass is 9.83. The predicted molar refractivity (Wildman–Crippen MR) is 117 cm³/mol. The molecule has 1 aliphatic heterocycles.